The summed E-state index contributed by atoms with van der Waals surface area (Å²) in [6.07, 6.45) is 2.64. The maximum atomic E-state index is 11.4. The molecule has 0 saturated carbocycles. The number of carbonyl (C=O) groups is 2. The highest BCUT2D eigenvalue weighted by Gasteiger charge is 2.22. The van der Waals surface area contributed by atoms with Gasteiger partial charge in [0.2, 0.25) is 0 Å². The van der Waals surface area contributed by atoms with Crippen molar-refractivity contribution in [1.29, 1.82) is 0 Å². The van der Waals surface area contributed by atoms with Gasteiger partial charge in [-0.25, -0.2) is 4.79 Å². The zero-order valence-electron chi connectivity index (χ0n) is 8.45. The first-order valence-electron chi connectivity index (χ1n) is 4.91. The monoisotopic (exact) mass is 205 g/mol. The summed E-state index contributed by atoms with van der Waals surface area (Å²) in [6.45, 7) is 2.06. The predicted molar refractivity (Wildman–Crippen MR) is 52.8 cm³/mol. The lowest BCUT2D eigenvalue weighted by Crippen LogP contribution is -2.07. The highest BCUT2D eigenvalue weighted by molar-refractivity contribution is 6.02. The molecule has 2 rings (SSSR count). The van der Waals surface area contributed by atoms with E-state index in [1.807, 2.05) is 0 Å². The first kappa shape index (κ1) is 9.83. The van der Waals surface area contributed by atoms with E-state index in [0.717, 1.165) is 5.69 Å². The van der Waals surface area contributed by atoms with Crippen molar-refractivity contribution in [3.8, 4) is 0 Å². The van der Waals surface area contributed by atoms with Gasteiger partial charge in [0.25, 0.3) is 0 Å². The van der Waals surface area contributed by atoms with E-state index in [2.05, 4.69) is 4.98 Å². The molecule has 0 radical (unpaired) electrons. The van der Waals surface area contributed by atoms with Crippen LogP contribution in [0.1, 0.15) is 39.8 Å². The molecule has 4 heteroatoms. The predicted octanol–water partition coefficient (Wildman–Crippen LogP) is 1.39. The van der Waals surface area contributed by atoms with Crippen LogP contribution >= 0.6 is 0 Å². The molecule has 0 amide bonds. The number of Topliss-reactive ketones (excluding diaryl/α,β-unsaturated/α-hetero) is 1. The van der Waals surface area contributed by atoms with Crippen LogP contribution in [0.15, 0.2) is 12.3 Å². The summed E-state index contributed by atoms with van der Waals surface area (Å²) in [5.41, 5.74) is 1.71. The first-order valence-corrected chi connectivity index (χ1v) is 4.91. The molecule has 0 bridgehead atoms. The topological polar surface area (TPSA) is 56.3 Å². The molecular weight excluding hydrogens is 194 g/mol. The van der Waals surface area contributed by atoms with E-state index in [4.69, 9.17) is 4.74 Å². The SMILES string of the molecule is CCOC(=O)c1cnc2c(c1)C(=O)CC2. The molecule has 1 aliphatic rings. The van der Waals surface area contributed by atoms with Gasteiger partial charge in [0.05, 0.1) is 17.9 Å². The molecule has 0 N–H and O–H groups in total. The number of hydrogen-bond acceptors (Lipinski definition) is 4. The minimum Gasteiger partial charge on any atom is -0.462 e. The standard InChI is InChI=1S/C11H11NO3/c1-2-15-11(14)7-5-8-9(12-6-7)3-4-10(8)13/h5-6H,2-4H2,1H3. The molecule has 15 heavy (non-hydrogen) atoms. The maximum absolute atomic E-state index is 11.4. The number of ether oxygens (including phenoxy) is 1. The zero-order valence-corrected chi connectivity index (χ0v) is 8.45. The summed E-state index contributed by atoms with van der Waals surface area (Å²) in [5, 5.41) is 0. The molecule has 1 aliphatic carbocycles. The van der Waals surface area contributed by atoms with Crippen LogP contribution in [0.25, 0.3) is 0 Å². The minimum atomic E-state index is -0.424. The second kappa shape index (κ2) is 3.81. The fourth-order valence-corrected chi connectivity index (χ4v) is 1.63. The third-order valence-electron chi connectivity index (χ3n) is 2.37. The summed E-state index contributed by atoms with van der Waals surface area (Å²) in [6, 6.07) is 1.58. The number of nitrogens with zero attached hydrogens (tertiary/aromatic N) is 1. The van der Waals surface area contributed by atoms with Gasteiger partial charge >= 0.3 is 5.97 Å². The Morgan fingerprint density at radius 1 is 1.53 bits per heavy atom. The van der Waals surface area contributed by atoms with Crippen LogP contribution in [0, 0.1) is 0 Å². The molecule has 0 spiro atoms. The Labute approximate surface area is 87.3 Å². The van der Waals surface area contributed by atoms with Crippen molar-refractivity contribution < 1.29 is 14.3 Å². The van der Waals surface area contributed by atoms with Gasteiger partial charge in [0.15, 0.2) is 5.78 Å². The second-order valence-corrected chi connectivity index (χ2v) is 3.36. The average Bonchev–Trinajstić information content (AvgIpc) is 2.60. The van der Waals surface area contributed by atoms with Gasteiger partial charge in [-0.2, -0.15) is 0 Å². The van der Waals surface area contributed by atoms with Crippen LogP contribution < -0.4 is 0 Å². The molecule has 0 unspecified atom stereocenters. The van der Waals surface area contributed by atoms with Gasteiger partial charge in [0.1, 0.15) is 0 Å². The number of pyridine rings is 1. The Balaban J connectivity index is 2.33. The molecule has 4 nitrogen and oxygen atoms in total. The number of aromatic nitrogens is 1. The van der Waals surface area contributed by atoms with Crippen LogP contribution in [0.5, 0.6) is 0 Å². The Morgan fingerprint density at radius 3 is 3.07 bits per heavy atom. The minimum absolute atomic E-state index is 0.0589. The molecule has 1 aromatic heterocycles. The lowest BCUT2D eigenvalue weighted by Gasteiger charge is -2.02. The maximum Gasteiger partial charge on any atom is 0.339 e. The van der Waals surface area contributed by atoms with Gasteiger partial charge < -0.3 is 4.74 Å². The van der Waals surface area contributed by atoms with E-state index in [9.17, 15) is 9.59 Å². The summed E-state index contributed by atoms with van der Waals surface area (Å²) in [7, 11) is 0. The molecule has 0 fully saturated rings. The van der Waals surface area contributed by atoms with Gasteiger partial charge in [0, 0.05) is 18.2 Å². The van der Waals surface area contributed by atoms with Crippen LogP contribution in [-0.4, -0.2) is 23.3 Å². The quantitative estimate of drug-likeness (QED) is 0.684. The van der Waals surface area contributed by atoms with Crippen molar-refractivity contribution in [2.24, 2.45) is 0 Å². The number of carbonyl (C=O) groups excluding carboxylic acids is 2. The van der Waals surface area contributed by atoms with Crippen LogP contribution in [0.2, 0.25) is 0 Å². The van der Waals surface area contributed by atoms with E-state index >= 15 is 0 Å². The van der Waals surface area contributed by atoms with E-state index in [1.165, 1.54) is 6.20 Å². The number of esters is 1. The van der Waals surface area contributed by atoms with Gasteiger partial charge in [-0.15, -0.1) is 0 Å². The number of aryl methyl sites for hydroxylation is 1. The van der Waals surface area contributed by atoms with Gasteiger partial charge in [-0.1, -0.05) is 0 Å². The highest BCUT2D eigenvalue weighted by Crippen LogP contribution is 2.20. The molecule has 78 valence electrons. The van der Waals surface area contributed by atoms with Crippen molar-refractivity contribution in [1.82, 2.24) is 4.98 Å². The van der Waals surface area contributed by atoms with E-state index in [1.54, 1.807) is 13.0 Å². The van der Waals surface area contributed by atoms with Crippen LogP contribution in [0.4, 0.5) is 0 Å². The molecular formula is C11H11NO3. The first-order chi connectivity index (χ1) is 7.22. The van der Waals surface area contributed by atoms with Gasteiger partial charge in [-0.3, -0.25) is 9.78 Å². The average molecular weight is 205 g/mol. The fourth-order valence-electron chi connectivity index (χ4n) is 1.63. The molecule has 0 atom stereocenters. The zero-order chi connectivity index (χ0) is 10.8. The Hall–Kier alpha value is -1.71. The molecule has 1 heterocycles. The summed E-state index contributed by atoms with van der Waals surface area (Å²) >= 11 is 0. The summed E-state index contributed by atoms with van der Waals surface area (Å²) in [4.78, 5) is 26.9. The Bertz CT molecular complexity index is 426. The number of fused-ring (bicyclic) bond motifs is 1. The van der Waals surface area contributed by atoms with Crippen LogP contribution in [-0.2, 0) is 11.2 Å². The molecule has 0 saturated heterocycles. The van der Waals surface area contributed by atoms with Crippen molar-refractivity contribution in [2.45, 2.75) is 19.8 Å². The van der Waals surface area contributed by atoms with Gasteiger partial charge in [-0.05, 0) is 19.4 Å². The molecule has 1 aromatic rings. The smallest absolute Gasteiger partial charge is 0.339 e. The molecule has 0 aliphatic heterocycles. The lowest BCUT2D eigenvalue weighted by atomic mass is 10.1. The summed E-state index contributed by atoms with van der Waals surface area (Å²) < 4.78 is 4.83. The number of hydrogen-bond donors (Lipinski definition) is 0. The second-order valence-electron chi connectivity index (χ2n) is 3.36. The van der Waals surface area contributed by atoms with Crippen LogP contribution in [0.3, 0.4) is 0 Å². The van der Waals surface area contributed by atoms with E-state index < -0.39 is 5.97 Å². The third-order valence-corrected chi connectivity index (χ3v) is 2.37. The Kier molecular flexibility index (Phi) is 2.49. The van der Waals surface area contributed by atoms with Crippen molar-refractivity contribution in [2.75, 3.05) is 6.61 Å². The van der Waals surface area contributed by atoms with Crippen molar-refractivity contribution >= 4 is 11.8 Å². The van der Waals surface area contributed by atoms with Crippen molar-refractivity contribution in [3.05, 3.63) is 29.1 Å². The number of rotatable bonds is 2. The Morgan fingerprint density at radius 2 is 2.33 bits per heavy atom. The highest BCUT2D eigenvalue weighted by atomic mass is 16.5. The summed E-state index contributed by atoms with van der Waals surface area (Å²) in [5.74, 6) is -0.365. The lowest BCUT2D eigenvalue weighted by molar-refractivity contribution is 0.0526. The van der Waals surface area contributed by atoms with E-state index in [-0.39, 0.29) is 5.78 Å². The number of ketones is 1. The third kappa shape index (κ3) is 1.75. The van der Waals surface area contributed by atoms with E-state index in [0.29, 0.717) is 30.6 Å². The normalized spacial score (nSPS) is 13.8. The van der Waals surface area contributed by atoms with Crippen molar-refractivity contribution in [3.63, 3.8) is 0 Å². The fraction of sp³-hybridized carbons (Fsp3) is 0.364. The molecule has 0 aromatic carbocycles. The largest absolute Gasteiger partial charge is 0.462 e.